The van der Waals surface area contributed by atoms with Gasteiger partial charge in [0, 0.05) is 0 Å². The van der Waals surface area contributed by atoms with Gasteiger partial charge in [0.2, 0.25) is 0 Å². The zero-order valence-corrected chi connectivity index (χ0v) is 8.80. The van der Waals surface area contributed by atoms with Crippen molar-refractivity contribution in [3.63, 3.8) is 0 Å². The molecule has 0 fully saturated rings. The Morgan fingerprint density at radius 1 is 0.923 bits per heavy atom. The van der Waals surface area contributed by atoms with Crippen molar-refractivity contribution in [2.75, 3.05) is 6.61 Å². The van der Waals surface area contributed by atoms with Crippen LogP contribution in [0.25, 0.3) is 0 Å². The second kappa shape index (κ2) is 9.96. The zero-order chi connectivity index (χ0) is 9.94. The number of hydrogen-bond acceptors (Lipinski definition) is 3. The smallest absolute Gasteiger partial charge is 0.158 e. The quantitative estimate of drug-likeness (QED) is 0.429. The van der Waals surface area contributed by atoms with Crippen LogP contribution in [0.5, 0.6) is 0 Å². The summed E-state index contributed by atoms with van der Waals surface area (Å²) in [5, 5.41) is 0. The third-order valence-electron chi connectivity index (χ3n) is 2.06. The average molecular weight is 188 g/mol. The van der Waals surface area contributed by atoms with Crippen LogP contribution < -0.4 is 11.5 Å². The maximum absolute atomic E-state index is 5.23. The molecule has 0 saturated heterocycles. The third kappa shape index (κ3) is 11.9. The highest BCUT2D eigenvalue weighted by atomic mass is 16.5. The van der Waals surface area contributed by atoms with Gasteiger partial charge in [-0.1, -0.05) is 45.4 Å². The van der Waals surface area contributed by atoms with Crippen molar-refractivity contribution in [1.82, 2.24) is 0 Å². The van der Waals surface area contributed by atoms with Crippen molar-refractivity contribution >= 4 is 0 Å². The molecular weight excluding hydrogens is 164 g/mol. The minimum absolute atomic E-state index is 0.597. The van der Waals surface area contributed by atoms with Gasteiger partial charge in [0.1, 0.15) is 0 Å². The summed E-state index contributed by atoms with van der Waals surface area (Å²) in [4.78, 5) is 0. The molecule has 80 valence electrons. The van der Waals surface area contributed by atoms with E-state index in [1.165, 1.54) is 38.5 Å². The maximum atomic E-state index is 5.23. The molecule has 0 atom stereocenters. The van der Waals surface area contributed by atoms with E-state index in [9.17, 15) is 0 Å². The number of rotatable bonds is 9. The highest BCUT2D eigenvalue weighted by molar-refractivity contribution is 4.44. The van der Waals surface area contributed by atoms with Gasteiger partial charge in [-0.3, -0.25) is 11.5 Å². The Morgan fingerprint density at radius 3 is 2.00 bits per heavy atom. The largest absolute Gasteiger partial charge is 0.350 e. The molecule has 13 heavy (non-hydrogen) atoms. The van der Waals surface area contributed by atoms with Crippen LogP contribution in [0.3, 0.4) is 0 Å². The van der Waals surface area contributed by atoms with Crippen LogP contribution in [-0.2, 0) is 4.74 Å². The molecule has 0 spiro atoms. The molecule has 0 aromatic rings. The Bertz CT molecular complexity index is 96.9. The van der Waals surface area contributed by atoms with Gasteiger partial charge in [-0.05, 0) is 6.42 Å². The van der Waals surface area contributed by atoms with Crippen LogP contribution in [0.1, 0.15) is 51.9 Å². The van der Waals surface area contributed by atoms with Gasteiger partial charge in [-0.15, -0.1) is 0 Å². The first-order valence-corrected chi connectivity index (χ1v) is 5.40. The zero-order valence-electron chi connectivity index (χ0n) is 8.80. The normalized spacial score (nSPS) is 11.1. The van der Waals surface area contributed by atoms with Gasteiger partial charge in [0.05, 0.1) is 6.61 Å². The second-order valence-corrected chi connectivity index (χ2v) is 3.46. The van der Waals surface area contributed by atoms with E-state index in [4.69, 9.17) is 16.2 Å². The predicted octanol–water partition coefficient (Wildman–Crippen LogP) is 1.95. The van der Waals surface area contributed by atoms with Gasteiger partial charge < -0.3 is 4.74 Å². The molecule has 0 amide bonds. The van der Waals surface area contributed by atoms with E-state index in [1.54, 1.807) is 0 Å². The van der Waals surface area contributed by atoms with Gasteiger partial charge in [-0.2, -0.15) is 0 Å². The van der Waals surface area contributed by atoms with Gasteiger partial charge >= 0.3 is 0 Å². The Morgan fingerprint density at radius 2 is 1.46 bits per heavy atom. The van der Waals surface area contributed by atoms with Crippen LogP contribution in [0.4, 0.5) is 0 Å². The molecule has 0 bridgehead atoms. The van der Waals surface area contributed by atoms with Crippen molar-refractivity contribution in [3.05, 3.63) is 0 Å². The van der Waals surface area contributed by atoms with Gasteiger partial charge in [0.25, 0.3) is 0 Å². The number of ether oxygens (including phenoxy) is 1. The van der Waals surface area contributed by atoms with Crippen molar-refractivity contribution in [2.24, 2.45) is 11.5 Å². The molecule has 0 aliphatic heterocycles. The summed E-state index contributed by atoms with van der Waals surface area (Å²) >= 11 is 0. The summed E-state index contributed by atoms with van der Waals surface area (Å²) in [6.07, 6.45) is 8.42. The summed E-state index contributed by atoms with van der Waals surface area (Å²) in [7, 11) is 0. The second-order valence-electron chi connectivity index (χ2n) is 3.46. The summed E-state index contributed by atoms with van der Waals surface area (Å²) < 4.78 is 5.03. The molecule has 4 N–H and O–H groups in total. The van der Waals surface area contributed by atoms with E-state index in [0.717, 1.165) is 6.42 Å². The van der Waals surface area contributed by atoms with Crippen LogP contribution in [0, 0.1) is 0 Å². The molecule has 0 aromatic carbocycles. The molecule has 0 heterocycles. The van der Waals surface area contributed by atoms with E-state index < -0.39 is 6.35 Å². The Kier molecular flexibility index (Phi) is 9.87. The van der Waals surface area contributed by atoms with Crippen LogP contribution in [0.2, 0.25) is 0 Å². The Hall–Kier alpha value is -0.120. The fourth-order valence-corrected chi connectivity index (χ4v) is 1.28. The van der Waals surface area contributed by atoms with E-state index in [-0.39, 0.29) is 0 Å². The lowest BCUT2D eigenvalue weighted by molar-refractivity contribution is 0.0595. The predicted molar refractivity (Wildman–Crippen MR) is 56.1 cm³/mol. The van der Waals surface area contributed by atoms with Crippen molar-refractivity contribution in [2.45, 2.75) is 58.2 Å². The molecule has 0 aliphatic rings. The molecule has 0 saturated carbocycles. The standard InChI is InChI=1S/C10H24N2O/c1-2-3-4-5-6-7-8-9-13-10(11)12/h10H,2-9,11-12H2,1H3. The van der Waals surface area contributed by atoms with Gasteiger partial charge in [0.15, 0.2) is 6.35 Å². The van der Waals surface area contributed by atoms with Crippen LogP contribution in [-0.4, -0.2) is 13.0 Å². The van der Waals surface area contributed by atoms with E-state index in [2.05, 4.69) is 6.92 Å². The summed E-state index contributed by atoms with van der Waals surface area (Å²) in [5.74, 6) is 0. The SMILES string of the molecule is CCCCCCCCCOC(N)N. The van der Waals surface area contributed by atoms with Crippen LogP contribution >= 0.6 is 0 Å². The third-order valence-corrected chi connectivity index (χ3v) is 2.06. The molecule has 0 aromatic heterocycles. The first-order chi connectivity index (χ1) is 6.27. The Balaban J connectivity index is 2.84. The Labute approximate surface area is 81.8 Å². The van der Waals surface area contributed by atoms with Crippen LogP contribution in [0.15, 0.2) is 0 Å². The van der Waals surface area contributed by atoms with Crippen molar-refractivity contribution in [1.29, 1.82) is 0 Å². The van der Waals surface area contributed by atoms with E-state index in [1.807, 2.05) is 0 Å². The monoisotopic (exact) mass is 188 g/mol. The molecule has 0 unspecified atom stereocenters. The maximum Gasteiger partial charge on any atom is 0.158 e. The first kappa shape index (κ1) is 12.9. The van der Waals surface area contributed by atoms with Crippen molar-refractivity contribution < 1.29 is 4.74 Å². The molecule has 3 nitrogen and oxygen atoms in total. The number of hydrogen-bond donors (Lipinski definition) is 2. The highest BCUT2D eigenvalue weighted by Gasteiger charge is 1.93. The summed E-state index contributed by atoms with van der Waals surface area (Å²) in [6.45, 7) is 2.93. The van der Waals surface area contributed by atoms with E-state index in [0.29, 0.717) is 6.61 Å². The van der Waals surface area contributed by atoms with Gasteiger partial charge in [-0.25, -0.2) is 0 Å². The summed E-state index contributed by atoms with van der Waals surface area (Å²) in [6, 6.07) is 0. The van der Waals surface area contributed by atoms with Crippen molar-refractivity contribution in [3.8, 4) is 0 Å². The lowest BCUT2D eigenvalue weighted by Crippen LogP contribution is -2.33. The topological polar surface area (TPSA) is 61.3 Å². The molecule has 0 rings (SSSR count). The molecular formula is C10H24N2O. The molecule has 0 radical (unpaired) electrons. The molecule has 0 aliphatic carbocycles. The first-order valence-electron chi connectivity index (χ1n) is 5.40. The number of unbranched alkanes of at least 4 members (excludes halogenated alkanes) is 6. The highest BCUT2D eigenvalue weighted by Crippen LogP contribution is 2.06. The minimum Gasteiger partial charge on any atom is -0.350 e. The summed E-state index contributed by atoms with van der Waals surface area (Å²) in [5.41, 5.74) is 10.5. The minimum atomic E-state index is -0.597. The average Bonchev–Trinajstić information content (AvgIpc) is 2.09. The lowest BCUT2D eigenvalue weighted by Gasteiger charge is -2.06. The number of nitrogens with two attached hydrogens (primary N) is 2. The lowest BCUT2D eigenvalue weighted by atomic mass is 10.1. The van der Waals surface area contributed by atoms with E-state index >= 15 is 0 Å². The fraction of sp³-hybridized carbons (Fsp3) is 1.00. The fourth-order valence-electron chi connectivity index (χ4n) is 1.28. The molecule has 3 heteroatoms.